The molecule has 2 N–H and O–H groups in total. The molecule has 1 rings (SSSR count). The highest BCUT2D eigenvalue weighted by Gasteiger charge is 2.28. The van der Waals surface area contributed by atoms with Gasteiger partial charge in [0.1, 0.15) is 5.82 Å². The minimum Gasteiger partial charge on any atom is -0.355 e. The Hall–Kier alpha value is -1.43. The topological polar surface area (TPSA) is 58.2 Å². The Bertz CT molecular complexity index is 497. The third-order valence-corrected chi connectivity index (χ3v) is 4.56. The van der Waals surface area contributed by atoms with Crippen LogP contribution in [0, 0.1) is 11.2 Å². The van der Waals surface area contributed by atoms with Crippen molar-refractivity contribution in [3.63, 3.8) is 0 Å². The van der Waals surface area contributed by atoms with E-state index in [9.17, 15) is 14.0 Å². The quantitative estimate of drug-likeness (QED) is 0.794. The van der Waals surface area contributed by atoms with Crippen LogP contribution >= 0.6 is 15.9 Å². The van der Waals surface area contributed by atoms with Gasteiger partial charge in [-0.3, -0.25) is 9.59 Å². The number of hydrogen-bond donors (Lipinski definition) is 2. The number of rotatable bonds is 5. The summed E-state index contributed by atoms with van der Waals surface area (Å²) in [5.41, 5.74) is 0.335. The van der Waals surface area contributed by atoms with Gasteiger partial charge >= 0.3 is 0 Å². The van der Waals surface area contributed by atoms with Gasteiger partial charge in [0, 0.05) is 18.7 Å². The van der Waals surface area contributed by atoms with Crippen LogP contribution in [0.1, 0.15) is 27.2 Å². The van der Waals surface area contributed by atoms with E-state index in [-0.39, 0.29) is 40.8 Å². The number of benzene rings is 1. The first kappa shape index (κ1) is 17.6. The van der Waals surface area contributed by atoms with Gasteiger partial charge in [0.15, 0.2) is 0 Å². The Balaban J connectivity index is 2.34. The van der Waals surface area contributed by atoms with E-state index in [0.717, 1.165) is 0 Å². The summed E-state index contributed by atoms with van der Waals surface area (Å²) in [4.78, 5) is 23.2. The van der Waals surface area contributed by atoms with E-state index in [0.29, 0.717) is 5.69 Å². The number of nitrogens with one attached hydrogen (secondary N) is 2. The van der Waals surface area contributed by atoms with Crippen molar-refractivity contribution in [3.05, 3.63) is 30.1 Å². The highest BCUT2D eigenvalue weighted by atomic mass is 79.9. The number of carbonyl (C=O) groups excluding carboxylic acids is 2. The number of hydrogen-bond acceptors (Lipinski definition) is 2. The molecular formula is C15H20BrFN2O2. The highest BCUT2D eigenvalue weighted by Crippen LogP contribution is 2.25. The standard InChI is InChI=1S/C15H20BrFN2O2/c1-15(2,3)13(16)14(21)18-9-8-12(20)19-11-6-4-10(17)5-7-11/h4-7,13H,8-9H2,1-3H3,(H,18,21)(H,19,20)/t13-/m0/s1. The molecule has 6 heteroatoms. The third kappa shape index (κ3) is 6.25. The van der Waals surface area contributed by atoms with E-state index in [4.69, 9.17) is 0 Å². The second-order valence-electron chi connectivity index (χ2n) is 5.82. The number of halogens is 2. The molecule has 0 radical (unpaired) electrons. The smallest absolute Gasteiger partial charge is 0.234 e. The molecule has 0 saturated heterocycles. The van der Waals surface area contributed by atoms with E-state index in [1.54, 1.807) is 0 Å². The van der Waals surface area contributed by atoms with Gasteiger partial charge < -0.3 is 10.6 Å². The molecule has 0 heterocycles. The van der Waals surface area contributed by atoms with Crippen molar-refractivity contribution in [2.45, 2.75) is 32.0 Å². The molecule has 0 bridgehead atoms. The van der Waals surface area contributed by atoms with Gasteiger partial charge in [-0.2, -0.15) is 0 Å². The molecule has 0 aromatic heterocycles. The summed E-state index contributed by atoms with van der Waals surface area (Å²) in [5.74, 6) is -0.730. The monoisotopic (exact) mass is 358 g/mol. The van der Waals surface area contributed by atoms with E-state index in [2.05, 4.69) is 26.6 Å². The maximum absolute atomic E-state index is 12.7. The first-order valence-electron chi connectivity index (χ1n) is 6.67. The molecule has 0 fully saturated rings. The number of amides is 2. The normalized spacial score (nSPS) is 12.6. The number of anilines is 1. The van der Waals surface area contributed by atoms with Gasteiger partial charge in [-0.15, -0.1) is 0 Å². The minimum absolute atomic E-state index is 0.142. The SMILES string of the molecule is CC(C)(C)[C@@H](Br)C(=O)NCCC(=O)Nc1ccc(F)cc1. The van der Waals surface area contributed by atoms with Crippen molar-refractivity contribution in [3.8, 4) is 0 Å². The summed E-state index contributed by atoms with van der Waals surface area (Å²) in [6.45, 7) is 6.11. The van der Waals surface area contributed by atoms with Gasteiger partial charge in [-0.1, -0.05) is 36.7 Å². The molecule has 0 aliphatic rings. The molecule has 0 unspecified atom stereocenters. The van der Waals surface area contributed by atoms with Gasteiger partial charge in [-0.05, 0) is 29.7 Å². The molecular weight excluding hydrogens is 339 g/mol. The maximum Gasteiger partial charge on any atom is 0.234 e. The van der Waals surface area contributed by atoms with Crippen LogP contribution in [0.25, 0.3) is 0 Å². The van der Waals surface area contributed by atoms with Gasteiger partial charge in [0.25, 0.3) is 0 Å². The summed E-state index contributed by atoms with van der Waals surface area (Å²) >= 11 is 3.34. The van der Waals surface area contributed by atoms with Crippen LogP contribution in [0.5, 0.6) is 0 Å². The average Bonchev–Trinajstić information content (AvgIpc) is 2.39. The molecule has 1 atom stereocenters. The molecule has 21 heavy (non-hydrogen) atoms. The predicted octanol–water partition coefficient (Wildman–Crippen LogP) is 3.08. The molecule has 1 aromatic rings. The lowest BCUT2D eigenvalue weighted by Gasteiger charge is -2.24. The fraction of sp³-hybridized carbons (Fsp3) is 0.467. The Labute approximate surface area is 132 Å². The molecule has 0 aliphatic heterocycles. The highest BCUT2D eigenvalue weighted by molar-refractivity contribution is 9.10. The van der Waals surface area contributed by atoms with Crippen LogP contribution in [-0.2, 0) is 9.59 Å². The van der Waals surface area contributed by atoms with Crippen LogP contribution < -0.4 is 10.6 Å². The van der Waals surface area contributed by atoms with Crippen molar-refractivity contribution in [1.29, 1.82) is 0 Å². The first-order chi connectivity index (χ1) is 9.70. The van der Waals surface area contributed by atoms with E-state index in [1.807, 2.05) is 20.8 Å². The fourth-order valence-corrected chi connectivity index (χ4v) is 1.70. The number of alkyl halides is 1. The molecule has 0 saturated carbocycles. The summed E-state index contributed by atoms with van der Waals surface area (Å²) in [5, 5.41) is 5.34. The lowest BCUT2D eigenvalue weighted by atomic mass is 9.92. The predicted molar refractivity (Wildman–Crippen MR) is 84.8 cm³/mol. The molecule has 1 aromatic carbocycles. The Morgan fingerprint density at radius 1 is 1.24 bits per heavy atom. The summed E-state index contributed by atoms with van der Waals surface area (Å²) in [6.07, 6.45) is 0.160. The summed E-state index contributed by atoms with van der Waals surface area (Å²) in [7, 11) is 0. The van der Waals surface area contributed by atoms with Crippen LogP contribution in [0.3, 0.4) is 0 Å². The van der Waals surface area contributed by atoms with Crippen molar-refractivity contribution in [2.75, 3.05) is 11.9 Å². The van der Waals surface area contributed by atoms with Crippen LogP contribution in [0.15, 0.2) is 24.3 Å². The number of carbonyl (C=O) groups is 2. The van der Waals surface area contributed by atoms with Crippen LogP contribution in [-0.4, -0.2) is 23.2 Å². The Kier molecular flexibility index (Phi) is 6.33. The Morgan fingerprint density at radius 3 is 2.33 bits per heavy atom. The zero-order chi connectivity index (χ0) is 16.0. The lowest BCUT2D eigenvalue weighted by molar-refractivity contribution is -0.122. The van der Waals surface area contributed by atoms with Crippen LogP contribution in [0.2, 0.25) is 0 Å². The fourth-order valence-electron chi connectivity index (χ4n) is 1.54. The van der Waals surface area contributed by atoms with Crippen molar-refractivity contribution in [2.24, 2.45) is 5.41 Å². The van der Waals surface area contributed by atoms with E-state index >= 15 is 0 Å². The third-order valence-electron chi connectivity index (χ3n) is 2.77. The van der Waals surface area contributed by atoms with Gasteiger partial charge in [0.05, 0.1) is 4.83 Å². The second kappa shape index (κ2) is 7.54. The lowest BCUT2D eigenvalue weighted by Crippen LogP contribution is -2.39. The van der Waals surface area contributed by atoms with Crippen molar-refractivity contribution < 1.29 is 14.0 Å². The largest absolute Gasteiger partial charge is 0.355 e. The zero-order valence-electron chi connectivity index (χ0n) is 12.4. The molecule has 0 spiro atoms. The zero-order valence-corrected chi connectivity index (χ0v) is 14.0. The maximum atomic E-state index is 12.7. The van der Waals surface area contributed by atoms with Crippen LogP contribution in [0.4, 0.5) is 10.1 Å². The Morgan fingerprint density at radius 2 is 1.81 bits per heavy atom. The second-order valence-corrected chi connectivity index (χ2v) is 6.74. The van der Waals surface area contributed by atoms with Crippen molar-refractivity contribution in [1.82, 2.24) is 5.32 Å². The molecule has 0 aliphatic carbocycles. The van der Waals surface area contributed by atoms with Gasteiger partial charge in [0.2, 0.25) is 11.8 Å². The summed E-state index contributed by atoms with van der Waals surface area (Å²) < 4.78 is 12.7. The summed E-state index contributed by atoms with van der Waals surface area (Å²) in [6, 6.07) is 5.52. The molecule has 116 valence electrons. The van der Waals surface area contributed by atoms with Crippen molar-refractivity contribution >= 4 is 33.4 Å². The average molecular weight is 359 g/mol. The van der Waals surface area contributed by atoms with E-state index < -0.39 is 0 Å². The van der Waals surface area contributed by atoms with E-state index in [1.165, 1.54) is 24.3 Å². The molecule has 2 amide bonds. The first-order valence-corrected chi connectivity index (χ1v) is 7.59. The molecule has 4 nitrogen and oxygen atoms in total. The minimum atomic E-state index is -0.356. The van der Waals surface area contributed by atoms with Gasteiger partial charge in [-0.25, -0.2) is 4.39 Å².